The molecule has 1 aromatic carbocycles. The molecule has 3 aromatic heterocycles. The maximum Gasteiger partial charge on any atom is 0.270 e. The fraction of sp³-hybridized carbons (Fsp3) is 0.261. The molecule has 168 valence electrons. The van der Waals surface area contributed by atoms with Gasteiger partial charge >= 0.3 is 0 Å². The van der Waals surface area contributed by atoms with E-state index in [0.717, 1.165) is 0 Å². The molecule has 7 nitrogen and oxygen atoms in total. The van der Waals surface area contributed by atoms with Crippen molar-refractivity contribution in [2.75, 3.05) is 36.9 Å². The van der Waals surface area contributed by atoms with Crippen LogP contribution in [-0.2, 0) is 0 Å². The van der Waals surface area contributed by atoms with E-state index in [4.69, 9.17) is 5.73 Å². The van der Waals surface area contributed by atoms with Crippen molar-refractivity contribution in [3.8, 4) is 17.2 Å². The minimum absolute atomic E-state index is 0.0296. The van der Waals surface area contributed by atoms with E-state index in [9.17, 15) is 18.4 Å². The average molecular weight is 451 g/mol. The number of fused-ring (bicyclic) bond motifs is 3. The van der Waals surface area contributed by atoms with Crippen LogP contribution in [0.1, 0.15) is 5.56 Å². The monoisotopic (exact) mass is 451 g/mol. The third kappa shape index (κ3) is 3.32. The highest BCUT2D eigenvalue weighted by molar-refractivity contribution is 6.17. The molecule has 1 atom stereocenters. The lowest BCUT2D eigenvalue weighted by Crippen LogP contribution is -2.32. The normalized spacial score (nSPS) is 17.6. The summed E-state index contributed by atoms with van der Waals surface area (Å²) in [5.41, 5.74) is 9.11. The van der Waals surface area contributed by atoms with Gasteiger partial charge < -0.3 is 20.9 Å². The SMILES string of the molecule is CNc1cc(F)cc2c1[nH]c1ncc(-c3cncc(C#N)c3)c(N3CC(CN)C(F)(F)C3)c12. The number of nitrogens with zero attached hydrogens (tertiary/aromatic N) is 4. The first-order valence-corrected chi connectivity index (χ1v) is 10.4. The number of rotatable bonds is 4. The number of hydrogen-bond donors (Lipinski definition) is 3. The van der Waals surface area contributed by atoms with E-state index in [1.54, 1.807) is 30.4 Å². The lowest BCUT2D eigenvalue weighted by Gasteiger charge is -2.23. The second kappa shape index (κ2) is 7.64. The molecule has 4 aromatic rings. The zero-order chi connectivity index (χ0) is 23.3. The van der Waals surface area contributed by atoms with Crippen LogP contribution >= 0.6 is 0 Å². The van der Waals surface area contributed by atoms with Gasteiger partial charge in [0, 0.05) is 55.2 Å². The molecule has 1 aliphatic heterocycles. The lowest BCUT2D eigenvalue weighted by atomic mass is 10.0. The summed E-state index contributed by atoms with van der Waals surface area (Å²) in [5.74, 6) is -4.47. The zero-order valence-electron chi connectivity index (χ0n) is 17.7. The molecule has 1 unspecified atom stereocenters. The Morgan fingerprint density at radius 3 is 2.82 bits per heavy atom. The fourth-order valence-corrected chi connectivity index (χ4v) is 4.56. The molecular formula is C23H20F3N7. The van der Waals surface area contributed by atoms with E-state index < -0.39 is 24.2 Å². The van der Waals surface area contributed by atoms with Crippen molar-refractivity contribution in [2.45, 2.75) is 5.92 Å². The van der Waals surface area contributed by atoms with Crippen molar-refractivity contribution in [2.24, 2.45) is 11.7 Å². The Morgan fingerprint density at radius 1 is 1.30 bits per heavy atom. The molecule has 33 heavy (non-hydrogen) atoms. The minimum Gasteiger partial charge on any atom is -0.386 e. The third-order valence-corrected chi connectivity index (χ3v) is 6.16. The first-order valence-electron chi connectivity index (χ1n) is 10.4. The molecule has 5 rings (SSSR count). The van der Waals surface area contributed by atoms with Crippen LogP contribution in [0.25, 0.3) is 33.1 Å². The van der Waals surface area contributed by atoms with Gasteiger partial charge in [0.1, 0.15) is 17.5 Å². The topological polar surface area (TPSA) is 107 Å². The molecule has 0 amide bonds. The van der Waals surface area contributed by atoms with E-state index in [0.29, 0.717) is 50.0 Å². The summed E-state index contributed by atoms with van der Waals surface area (Å²) in [7, 11) is 1.67. The molecule has 1 aliphatic rings. The largest absolute Gasteiger partial charge is 0.386 e. The van der Waals surface area contributed by atoms with Crippen LogP contribution < -0.4 is 16.0 Å². The van der Waals surface area contributed by atoms with E-state index >= 15 is 0 Å². The summed E-state index contributed by atoms with van der Waals surface area (Å²) in [6, 6.07) is 6.39. The van der Waals surface area contributed by atoms with Gasteiger partial charge in [0.2, 0.25) is 0 Å². The van der Waals surface area contributed by atoms with Crippen LogP contribution in [-0.4, -0.2) is 47.6 Å². The predicted octanol–water partition coefficient (Wildman–Crippen LogP) is 3.86. The highest BCUT2D eigenvalue weighted by atomic mass is 19.3. The Kier molecular flexibility index (Phi) is 4.87. The molecule has 1 saturated heterocycles. The maximum absolute atomic E-state index is 14.8. The molecule has 4 heterocycles. The van der Waals surface area contributed by atoms with Gasteiger partial charge in [0.25, 0.3) is 5.92 Å². The molecule has 0 aliphatic carbocycles. The maximum atomic E-state index is 14.8. The van der Waals surface area contributed by atoms with E-state index in [2.05, 4.69) is 20.3 Å². The number of halogens is 3. The zero-order valence-corrected chi connectivity index (χ0v) is 17.7. The number of pyridine rings is 2. The number of anilines is 2. The Bertz CT molecular complexity index is 1420. The minimum atomic E-state index is -2.98. The number of aromatic nitrogens is 3. The molecule has 1 fully saturated rings. The molecular weight excluding hydrogens is 431 g/mol. The van der Waals surface area contributed by atoms with Crippen molar-refractivity contribution < 1.29 is 13.2 Å². The molecule has 10 heteroatoms. The van der Waals surface area contributed by atoms with Crippen molar-refractivity contribution in [1.82, 2.24) is 15.0 Å². The Balaban J connectivity index is 1.86. The van der Waals surface area contributed by atoms with Gasteiger partial charge in [-0.2, -0.15) is 5.26 Å². The van der Waals surface area contributed by atoms with Crippen LogP contribution in [0.15, 0.2) is 36.8 Å². The van der Waals surface area contributed by atoms with Gasteiger partial charge in [0.15, 0.2) is 0 Å². The van der Waals surface area contributed by atoms with Gasteiger partial charge in [0.05, 0.1) is 40.3 Å². The Labute approximate surface area is 187 Å². The van der Waals surface area contributed by atoms with Gasteiger partial charge in [-0.3, -0.25) is 4.98 Å². The summed E-state index contributed by atoms with van der Waals surface area (Å²) in [6.07, 6.45) is 4.54. The van der Waals surface area contributed by atoms with Crippen LogP contribution in [0.5, 0.6) is 0 Å². The van der Waals surface area contributed by atoms with E-state index in [1.807, 2.05) is 6.07 Å². The fourth-order valence-electron chi connectivity index (χ4n) is 4.56. The summed E-state index contributed by atoms with van der Waals surface area (Å²) in [5, 5.41) is 13.3. The van der Waals surface area contributed by atoms with Crippen LogP contribution in [0.4, 0.5) is 24.5 Å². The molecule has 0 radical (unpaired) electrons. The highest BCUT2D eigenvalue weighted by Gasteiger charge is 2.48. The third-order valence-electron chi connectivity index (χ3n) is 6.16. The summed E-state index contributed by atoms with van der Waals surface area (Å²) < 4.78 is 44.0. The summed E-state index contributed by atoms with van der Waals surface area (Å²) >= 11 is 0. The number of alkyl halides is 2. The number of nitrogens with one attached hydrogen (secondary N) is 2. The number of nitriles is 1. The quantitative estimate of drug-likeness (QED) is 0.435. The number of hydrogen-bond acceptors (Lipinski definition) is 6. The van der Waals surface area contributed by atoms with Crippen LogP contribution in [0.2, 0.25) is 0 Å². The van der Waals surface area contributed by atoms with Crippen LogP contribution in [0, 0.1) is 23.1 Å². The molecule has 4 N–H and O–H groups in total. The van der Waals surface area contributed by atoms with Crippen molar-refractivity contribution >= 4 is 33.3 Å². The van der Waals surface area contributed by atoms with Gasteiger partial charge in [-0.25, -0.2) is 18.2 Å². The lowest BCUT2D eigenvalue weighted by molar-refractivity contribution is -0.0170. The second-order valence-corrected chi connectivity index (χ2v) is 8.14. The van der Waals surface area contributed by atoms with Crippen molar-refractivity contribution in [3.63, 3.8) is 0 Å². The predicted molar refractivity (Wildman–Crippen MR) is 121 cm³/mol. The van der Waals surface area contributed by atoms with Crippen molar-refractivity contribution in [1.29, 1.82) is 5.26 Å². The summed E-state index contributed by atoms with van der Waals surface area (Å²) in [6.45, 7) is -0.667. The second-order valence-electron chi connectivity index (χ2n) is 8.14. The average Bonchev–Trinajstić information content (AvgIpc) is 3.34. The molecule has 0 bridgehead atoms. The molecule has 0 spiro atoms. The van der Waals surface area contributed by atoms with Crippen LogP contribution in [0.3, 0.4) is 0 Å². The van der Waals surface area contributed by atoms with Gasteiger partial charge in [-0.1, -0.05) is 0 Å². The molecule has 0 saturated carbocycles. The number of aromatic amines is 1. The van der Waals surface area contributed by atoms with Crippen molar-refractivity contribution in [3.05, 3.63) is 48.2 Å². The van der Waals surface area contributed by atoms with Gasteiger partial charge in [-0.05, 0) is 18.2 Å². The number of benzene rings is 1. The highest BCUT2D eigenvalue weighted by Crippen LogP contribution is 2.45. The Morgan fingerprint density at radius 2 is 2.12 bits per heavy atom. The summed E-state index contributed by atoms with van der Waals surface area (Å²) in [4.78, 5) is 13.4. The van der Waals surface area contributed by atoms with E-state index in [-0.39, 0.29) is 13.1 Å². The van der Waals surface area contributed by atoms with E-state index in [1.165, 1.54) is 18.3 Å². The number of H-pyrrole nitrogens is 1. The smallest absolute Gasteiger partial charge is 0.270 e. The van der Waals surface area contributed by atoms with Gasteiger partial charge in [-0.15, -0.1) is 0 Å². The first kappa shape index (κ1) is 21.0. The first-order chi connectivity index (χ1) is 15.9. The standard InChI is InChI=1S/C23H20F3N7/c1-29-18-4-15(24)3-16-19-21(33-10-14(6-28)23(25,26)11-33)17(9-31-22(19)32-20(16)18)13-2-12(5-27)7-30-8-13/h2-4,7-9,14,29H,6,10-11,28H2,1H3,(H,31,32). The Hall–Kier alpha value is -3.84. The number of nitrogens with two attached hydrogens (primary N) is 1.